The maximum Gasteiger partial charge on any atom is 0.303 e. The number of carbonyl (C=O) groups is 1. The van der Waals surface area contributed by atoms with E-state index in [0.29, 0.717) is 52.5 Å². The van der Waals surface area contributed by atoms with Crippen LogP contribution in [0.25, 0.3) is 11.0 Å². The third-order valence-electron chi connectivity index (χ3n) is 5.31. The number of rotatable bonds is 9. The number of aliphatic carboxylic acids is 1. The van der Waals surface area contributed by atoms with Gasteiger partial charge in [-0.1, -0.05) is 11.6 Å². The van der Waals surface area contributed by atoms with E-state index < -0.39 is 5.97 Å². The molecule has 0 amide bonds. The Morgan fingerprint density at radius 1 is 1.27 bits per heavy atom. The summed E-state index contributed by atoms with van der Waals surface area (Å²) in [7, 11) is 0. The lowest BCUT2D eigenvalue weighted by Crippen LogP contribution is -2.44. The first-order valence-electron chi connectivity index (χ1n) is 10.7. The summed E-state index contributed by atoms with van der Waals surface area (Å²) in [5.74, 6) is 0.362. The number of nitrogens with zero attached hydrogens (tertiary/aromatic N) is 4. The van der Waals surface area contributed by atoms with E-state index in [1.54, 1.807) is 24.4 Å². The molecule has 0 unspecified atom stereocenters. The van der Waals surface area contributed by atoms with Gasteiger partial charge in [0, 0.05) is 44.9 Å². The van der Waals surface area contributed by atoms with Crippen LogP contribution in [0.1, 0.15) is 24.8 Å². The Bertz CT molecular complexity index is 1160. The molecule has 10 nitrogen and oxygen atoms in total. The van der Waals surface area contributed by atoms with Gasteiger partial charge in [0.15, 0.2) is 5.88 Å². The molecule has 174 valence electrons. The molecule has 11 heteroatoms. The first-order valence-corrected chi connectivity index (χ1v) is 11.1. The van der Waals surface area contributed by atoms with Gasteiger partial charge in [-0.05, 0) is 25.0 Å². The summed E-state index contributed by atoms with van der Waals surface area (Å²) in [5.41, 5.74) is 1.64. The van der Waals surface area contributed by atoms with E-state index in [4.69, 9.17) is 21.4 Å². The van der Waals surface area contributed by atoms with Crippen LogP contribution in [0, 0.1) is 0 Å². The molecule has 2 aromatic heterocycles. The lowest BCUT2D eigenvalue weighted by Gasteiger charge is -2.28. The third kappa shape index (κ3) is 5.52. The van der Waals surface area contributed by atoms with Crippen molar-refractivity contribution in [3.63, 3.8) is 0 Å². The van der Waals surface area contributed by atoms with Gasteiger partial charge in [0.1, 0.15) is 23.5 Å². The number of aromatic nitrogens is 3. The number of benzene rings is 1. The van der Waals surface area contributed by atoms with Crippen LogP contribution in [-0.4, -0.2) is 70.1 Å². The Morgan fingerprint density at radius 3 is 2.88 bits per heavy atom. The Kier molecular flexibility index (Phi) is 7.26. The first-order chi connectivity index (χ1) is 16.0. The van der Waals surface area contributed by atoms with Crippen LogP contribution in [0.2, 0.25) is 5.02 Å². The molecule has 0 saturated carbocycles. The highest BCUT2D eigenvalue weighted by molar-refractivity contribution is 6.32. The quantitative estimate of drug-likeness (QED) is 0.275. The van der Waals surface area contributed by atoms with Gasteiger partial charge < -0.3 is 30.2 Å². The number of H-pyrrole nitrogens is 1. The molecule has 4 N–H and O–H groups in total. The largest absolute Gasteiger partial charge is 0.494 e. The molecule has 3 heterocycles. The van der Waals surface area contributed by atoms with E-state index in [0.717, 1.165) is 32.0 Å². The highest BCUT2D eigenvalue weighted by atomic mass is 35.5. The summed E-state index contributed by atoms with van der Waals surface area (Å²) in [6, 6.07) is 5.14. The number of piperazine rings is 1. The van der Waals surface area contributed by atoms with Crippen LogP contribution in [0.4, 0.5) is 11.5 Å². The van der Waals surface area contributed by atoms with Crippen molar-refractivity contribution >= 4 is 46.3 Å². The fraction of sp³-hybridized carbons (Fsp3) is 0.364. The Hall–Kier alpha value is -3.37. The van der Waals surface area contributed by atoms with Crippen LogP contribution in [0.5, 0.6) is 11.6 Å². The van der Waals surface area contributed by atoms with Gasteiger partial charge in [0.05, 0.1) is 28.3 Å². The van der Waals surface area contributed by atoms with Crippen LogP contribution in [0.15, 0.2) is 29.5 Å². The predicted molar refractivity (Wildman–Crippen MR) is 126 cm³/mol. The smallest absolute Gasteiger partial charge is 0.303 e. The van der Waals surface area contributed by atoms with Crippen LogP contribution < -0.4 is 15.0 Å². The molecule has 0 spiro atoms. The average Bonchev–Trinajstić information content (AvgIpc) is 3.14. The van der Waals surface area contributed by atoms with Crippen molar-refractivity contribution in [3.8, 4) is 11.6 Å². The molecule has 0 atom stereocenters. The number of nitrogens with one attached hydrogen (secondary N) is 2. The molecule has 3 aromatic rings. The van der Waals surface area contributed by atoms with Crippen molar-refractivity contribution < 1.29 is 19.7 Å². The minimum absolute atomic E-state index is 0.0329. The predicted octanol–water partition coefficient (Wildman–Crippen LogP) is 3.11. The van der Waals surface area contributed by atoms with E-state index in [1.807, 2.05) is 0 Å². The maximum absolute atomic E-state index is 10.6. The summed E-state index contributed by atoms with van der Waals surface area (Å²) in [4.78, 5) is 28.9. The van der Waals surface area contributed by atoms with E-state index in [2.05, 4.69) is 30.2 Å². The molecule has 1 aliphatic heterocycles. The van der Waals surface area contributed by atoms with Crippen LogP contribution >= 0.6 is 11.6 Å². The molecule has 1 aromatic carbocycles. The lowest BCUT2D eigenvalue weighted by molar-refractivity contribution is -0.137. The number of aliphatic imine (C=N–C) groups is 1. The van der Waals surface area contributed by atoms with Crippen molar-refractivity contribution in [2.75, 3.05) is 37.7 Å². The molecule has 33 heavy (non-hydrogen) atoms. The monoisotopic (exact) mass is 472 g/mol. The van der Waals surface area contributed by atoms with E-state index >= 15 is 0 Å². The number of unbranched alkanes of at least 4 members (excludes halogenated alkanes) is 1. The zero-order valence-electron chi connectivity index (χ0n) is 17.9. The summed E-state index contributed by atoms with van der Waals surface area (Å²) < 4.78 is 5.70. The molecule has 1 saturated heterocycles. The number of carboxylic acid groups (broad SMARTS) is 1. The topological polar surface area (TPSA) is 136 Å². The SMILES string of the molecule is O=C(O)CCCCOc1cc(N=Cc2c(O)[nH]c3ncnc(N4CCNCC4)c23)ccc1Cl. The lowest BCUT2D eigenvalue weighted by atomic mass is 10.2. The van der Waals surface area contributed by atoms with Gasteiger partial charge in [-0.25, -0.2) is 9.97 Å². The molecular weight excluding hydrogens is 448 g/mol. The van der Waals surface area contributed by atoms with Gasteiger partial charge in [0.25, 0.3) is 0 Å². The van der Waals surface area contributed by atoms with Gasteiger partial charge in [-0.15, -0.1) is 0 Å². The summed E-state index contributed by atoms with van der Waals surface area (Å²) in [5, 5.41) is 23.7. The van der Waals surface area contributed by atoms with Crippen molar-refractivity contribution in [3.05, 3.63) is 35.1 Å². The van der Waals surface area contributed by atoms with E-state index in [-0.39, 0.29) is 12.3 Å². The number of carboxylic acids is 1. The summed E-state index contributed by atoms with van der Waals surface area (Å²) >= 11 is 6.23. The van der Waals surface area contributed by atoms with Crippen molar-refractivity contribution in [1.29, 1.82) is 0 Å². The van der Waals surface area contributed by atoms with Crippen LogP contribution in [0.3, 0.4) is 0 Å². The first kappa shape index (κ1) is 22.8. The molecule has 0 aliphatic carbocycles. The molecule has 0 bridgehead atoms. The third-order valence-corrected chi connectivity index (χ3v) is 5.62. The standard InChI is InChI=1S/C22H25ClN6O4/c23-16-5-4-14(11-17(16)33-10-2-1-3-18(30)31)25-12-15-19-20(28-22(15)32)26-13-27-21(19)29-8-6-24-7-9-29/h4-5,11-13,24,32H,1-3,6-10H2,(H,30,31)(H,26,27,28). The minimum Gasteiger partial charge on any atom is -0.494 e. The number of aromatic amines is 1. The Morgan fingerprint density at radius 2 is 2.09 bits per heavy atom. The van der Waals surface area contributed by atoms with Gasteiger partial charge in [-0.3, -0.25) is 9.79 Å². The Labute approximate surface area is 195 Å². The second kappa shape index (κ2) is 10.5. The number of anilines is 1. The molecule has 0 radical (unpaired) electrons. The maximum atomic E-state index is 10.6. The average molecular weight is 473 g/mol. The number of aromatic hydroxyl groups is 1. The van der Waals surface area contributed by atoms with Crippen molar-refractivity contribution in [1.82, 2.24) is 20.3 Å². The summed E-state index contributed by atoms with van der Waals surface area (Å²) in [6.07, 6.45) is 4.30. The number of ether oxygens (including phenoxy) is 1. The van der Waals surface area contributed by atoms with E-state index in [9.17, 15) is 9.90 Å². The molecule has 4 rings (SSSR count). The number of hydrogen-bond donors (Lipinski definition) is 4. The molecule has 1 fully saturated rings. The number of halogens is 1. The number of hydrogen-bond acceptors (Lipinski definition) is 8. The van der Waals surface area contributed by atoms with Gasteiger partial charge in [-0.2, -0.15) is 0 Å². The normalized spacial score (nSPS) is 14.3. The zero-order chi connectivity index (χ0) is 23.2. The van der Waals surface area contributed by atoms with Gasteiger partial charge >= 0.3 is 5.97 Å². The van der Waals surface area contributed by atoms with E-state index in [1.165, 1.54) is 6.33 Å². The van der Waals surface area contributed by atoms with Crippen LogP contribution in [-0.2, 0) is 4.79 Å². The Balaban J connectivity index is 1.54. The van der Waals surface area contributed by atoms with Crippen molar-refractivity contribution in [2.24, 2.45) is 4.99 Å². The zero-order valence-corrected chi connectivity index (χ0v) is 18.7. The number of fused-ring (bicyclic) bond motifs is 1. The second-order valence-corrected chi connectivity index (χ2v) is 8.02. The fourth-order valence-corrected chi connectivity index (χ4v) is 3.81. The second-order valence-electron chi connectivity index (χ2n) is 7.62. The van der Waals surface area contributed by atoms with Gasteiger partial charge in [0.2, 0.25) is 0 Å². The molecular formula is C22H25ClN6O4. The molecule has 1 aliphatic rings. The fourth-order valence-electron chi connectivity index (χ4n) is 3.64. The van der Waals surface area contributed by atoms with Crippen molar-refractivity contribution in [2.45, 2.75) is 19.3 Å². The summed E-state index contributed by atoms with van der Waals surface area (Å²) in [6.45, 7) is 3.68. The highest BCUT2D eigenvalue weighted by Crippen LogP contribution is 2.33. The highest BCUT2D eigenvalue weighted by Gasteiger charge is 2.20. The minimum atomic E-state index is -0.824.